The lowest BCUT2D eigenvalue weighted by atomic mass is 9.97. The molecule has 4 aromatic carbocycles. The lowest BCUT2D eigenvalue weighted by molar-refractivity contribution is -0.137. The van der Waals surface area contributed by atoms with Crippen LogP contribution in [0.5, 0.6) is 23.0 Å². The Morgan fingerprint density at radius 2 is 0.685 bits per heavy atom. The number of hydrogen-bond donors (Lipinski definition) is 16. The molecule has 0 unspecified atom stereocenters. The number of anilines is 4. The Morgan fingerprint density at radius 3 is 1.06 bits per heavy atom. The molecular formula is C85H87ClF10N16O12. The van der Waals surface area contributed by atoms with E-state index in [1.54, 1.807) is 6.07 Å². The Hall–Kier alpha value is -10.9. The number of ether oxygens (including phenoxy) is 4. The van der Waals surface area contributed by atoms with Crippen molar-refractivity contribution in [2.24, 2.45) is 0 Å². The third kappa shape index (κ3) is 15.8. The first-order valence-corrected chi connectivity index (χ1v) is 40.7. The highest BCUT2D eigenvalue weighted by molar-refractivity contribution is 6.31. The van der Waals surface area contributed by atoms with E-state index in [1.807, 2.05) is 0 Å². The van der Waals surface area contributed by atoms with Gasteiger partial charge in [-0.3, -0.25) is 0 Å². The van der Waals surface area contributed by atoms with E-state index < -0.39 is 144 Å². The summed E-state index contributed by atoms with van der Waals surface area (Å²) in [5.41, 5.74) is 29.9. The van der Waals surface area contributed by atoms with Gasteiger partial charge in [0.25, 0.3) is 0 Å². The van der Waals surface area contributed by atoms with E-state index in [-0.39, 0.29) is 104 Å². The second kappa shape index (κ2) is 34.2. The number of nitrogens with zero attached hydrogens (tertiary/aromatic N) is 8. The van der Waals surface area contributed by atoms with E-state index in [9.17, 15) is 84.8 Å². The Kier molecular flexibility index (Phi) is 23.6. The molecule has 4 fully saturated rings. The fourth-order valence-corrected chi connectivity index (χ4v) is 18.7. The molecule has 0 bridgehead atoms. The molecule has 124 heavy (non-hydrogen) atoms. The minimum Gasteiger partial charge on any atom is -0.487 e. The molecule has 8 aromatic heterocycles. The van der Waals surface area contributed by atoms with Crippen LogP contribution in [0.1, 0.15) is 99.9 Å². The van der Waals surface area contributed by atoms with Crippen molar-refractivity contribution in [1.82, 2.24) is 59.5 Å². The van der Waals surface area contributed by atoms with Gasteiger partial charge in [0.05, 0.1) is 56.3 Å². The van der Waals surface area contributed by atoms with Crippen LogP contribution >= 0.6 is 11.6 Å². The summed E-state index contributed by atoms with van der Waals surface area (Å²) >= 11 is 6.06. The van der Waals surface area contributed by atoms with Gasteiger partial charge in [-0.05, 0) is 129 Å². The molecule has 0 spiro atoms. The minimum atomic E-state index is -4.55. The van der Waals surface area contributed by atoms with Crippen LogP contribution in [0.25, 0.3) is 44.1 Å². The average molecular weight is 1750 g/mol. The number of aliphatic hydroxyl groups excluding tert-OH is 8. The van der Waals surface area contributed by atoms with Gasteiger partial charge in [-0.2, -0.15) is 13.2 Å². The van der Waals surface area contributed by atoms with Crippen LogP contribution in [0.4, 0.5) is 66.7 Å². The second-order valence-corrected chi connectivity index (χ2v) is 32.6. The molecule has 20 N–H and O–H groups in total. The number of aromatic nitrogens is 8. The fourth-order valence-electron chi connectivity index (χ4n) is 18.5. The van der Waals surface area contributed by atoms with Gasteiger partial charge in [-0.1, -0.05) is 11.6 Å². The van der Waals surface area contributed by atoms with Gasteiger partial charge in [0.2, 0.25) is 0 Å². The van der Waals surface area contributed by atoms with Crippen molar-refractivity contribution >= 4 is 78.5 Å². The summed E-state index contributed by atoms with van der Waals surface area (Å²) in [7, 11) is 0. The average Bonchev–Trinajstić information content (AvgIpc) is 1.60. The topological polar surface area (TPSA) is 422 Å². The number of aliphatic hydroxyl groups is 8. The number of pyridine rings is 4. The van der Waals surface area contributed by atoms with Gasteiger partial charge in [0, 0.05) is 159 Å². The van der Waals surface area contributed by atoms with E-state index in [1.165, 1.54) is 110 Å². The maximum absolute atomic E-state index is 14.5. The second-order valence-electron chi connectivity index (χ2n) is 32.2. The van der Waals surface area contributed by atoms with Gasteiger partial charge in [0.1, 0.15) is 136 Å². The van der Waals surface area contributed by atoms with Gasteiger partial charge in [-0.15, -0.1) is 0 Å². The summed E-state index contributed by atoms with van der Waals surface area (Å²) < 4.78 is 171. The molecule has 28 nitrogen and oxygen atoms in total. The van der Waals surface area contributed by atoms with Crippen LogP contribution in [-0.4, -0.2) is 178 Å². The number of benzene rings is 4. The molecule has 8 aliphatic rings. The maximum Gasteiger partial charge on any atom is 0.416 e. The van der Waals surface area contributed by atoms with Crippen molar-refractivity contribution < 1.29 is 104 Å². The smallest absolute Gasteiger partial charge is 0.416 e. The fraction of sp³-hybridized carbons (Fsp3) is 0.388. The van der Waals surface area contributed by atoms with Crippen LogP contribution in [0.15, 0.2) is 116 Å². The van der Waals surface area contributed by atoms with Crippen LogP contribution < -0.4 is 63.1 Å². The van der Waals surface area contributed by atoms with E-state index in [4.69, 9.17) is 53.5 Å². The zero-order valence-electron chi connectivity index (χ0n) is 65.8. The number of halogens is 11. The first-order valence-electron chi connectivity index (χ1n) is 40.3. The van der Waals surface area contributed by atoms with Crippen molar-refractivity contribution in [1.29, 1.82) is 0 Å². The number of nitrogens with one attached hydrogen (secondary N) is 4. The summed E-state index contributed by atoms with van der Waals surface area (Å²) in [6, 6.07) is 12.3. The molecule has 4 saturated carbocycles. The molecule has 4 aliphatic carbocycles. The number of nitrogens with two attached hydrogens (primary N) is 4. The first-order chi connectivity index (χ1) is 59.4. The highest BCUT2D eigenvalue weighted by atomic mass is 35.5. The highest BCUT2D eigenvalue weighted by Crippen LogP contribution is 2.47. The Morgan fingerprint density at radius 1 is 0.363 bits per heavy atom. The maximum atomic E-state index is 14.5. The third-order valence-corrected chi connectivity index (χ3v) is 25.1. The molecule has 0 saturated heterocycles. The van der Waals surface area contributed by atoms with Crippen LogP contribution in [0.2, 0.25) is 5.02 Å². The summed E-state index contributed by atoms with van der Waals surface area (Å²) in [5.74, 6) is -2.24. The van der Waals surface area contributed by atoms with Crippen LogP contribution in [0.3, 0.4) is 0 Å². The van der Waals surface area contributed by atoms with E-state index in [2.05, 4.69) is 41.2 Å². The van der Waals surface area contributed by atoms with Crippen molar-refractivity contribution in [2.75, 3.05) is 49.1 Å². The first kappa shape index (κ1) is 85.3. The molecule has 12 heterocycles. The predicted octanol–water partition coefficient (Wildman–Crippen LogP) is 8.16. The normalized spacial score (nSPS) is 25.8. The van der Waals surface area contributed by atoms with Gasteiger partial charge >= 0.3 is 6.18 Å². The van der Waals surface area contributed by atoms with Gasteiger partial charge in [-0.25, -0.2) is 50.7 Å². The van der Waals surface area contributed by atoms with Crippen molar-refractivity contribution in [3.63, 3.8) is 0 Å². The lowest BCUT2D eigenvalue weighted by Crippen LogP contribution is -2.35. The molecule has 20 rings (SSSR count). The van der Waals surface area contributed by atoms with Crippen molar-refractivity contribution in [3.8, 4) is 23.0 Å². The molecule has 16 atom stereocenters. The van der Waals surface area contributed by atoms with Gasteiger partial charge in [0.15, 0.2) is 23.3 Å². The van der Waals surface area contributed by atoms with E-state index in [0.29, 0.717) is 122 Å². The number of nitrogen functional groups attached to an aromatic ring is 4. The molecular weight excluding hydrogens is 1660 g/mol. The Labute approximate surface area is 703 Å². The van der Waals surface area contributed by atoms with Crippen LogP contribution in [0, 0.1) is 40.7 Å². The summed E-state index contributed by atoms with van der Waals surface area (Å²) in [5, 5.41) is 98.6. The molecule has 0 amide bonds. The number of alkyl halides is 3. The summed E-state index contributed by atoms with van der Waals surface area (Å²) in [6.45, 7) is 4.35. The number of rotatable bonds is 12. The highest BCUT2D eigenvalue weighted by Gasteiger charge is 2.50. The zero-order valence-corrected chi connectivity index (χ0v) is 66.5. The van der Waals surface area contributed by atoms with Crippen molar-refractivity contribution in [3.05, 3.63) is 212 Å². The van der Waals surface area contributed by atoms with E-state index in [0.717, 1.165) is 41.6 Å². The predicted molar refractivity (Wildman–Crippen MR) is 434 cm³/mol. The number of fused-ring (bicyclic) bond motifs is 8. The third-order valence-electron chi connectivity index (χ3n) is 24.8. The largest absolute Gasteiger partial charge is 0.487 e. The SMILES string of the molecule is Nc1ccnc2c1c(F)cn2[C@@H]1C[C@H](Oc2cc(C(F)(F)F)cc3c2CNCC3)[C@@H](O)[C@H]1O.Nc1ccnc2c1c(F)cn2[C@@H]1C[C@H](Oc2cc(Cl)c(F)c3c2CNCC3)[C@@H](O)[C@H]1O.Nc1ccnc2c1c(F)cn2[C@@H]1C[C@H](Oc2cc(F)cc3c2CNCC3)[C@@H](O)[C@H]1O.Nc1ccnc2c1c(F)cn2[C@@H]1C[C@H](Oc2ccc(F)c3c2CNCC3)[C@@H](O)[C@H]1O. The molecule has 4 aliphatic heterocycles. The zero-order chi connectivity index (χ0) is 87.3. The summed E-state index contributed by atoms with van der Waals surface area (Å²) in [6.07, 6.45) is -4.61. The van der Waals surface area contributed by atoms with Crippen LogP contribution in [-0.2, 0) is 58.0 Å². The molecule has 39 heteroatoms. The monoisotopic (exact) mass is 1750 g/mol. The Balaban J connectivity index is 0.000000117. The quantitative estimate of drug-likeness (QED) is 0.0513. The molecule has 656 valence electrons. The Bertz CT molecular complexity index is 6060. The van der Waals surface area contributed by atoms with Gasteiger partial charge < -0.3 is 122 Å². The summed E-state index contributed by atoms with van der Waals surface area (Å²) in [4.78, 5) is 16.7. The lowest BCUT2D eigenvalue weighted by Gasteiger charge is -2.25. The number of hydrogen-bond acceptors (Lipinski definition) is 24. The molecule has 12 aromatic rings. The molecule has 0 radical (unpaired) electrons. The van der Waals surface area contributed by atoms with Crippen molar-refractivity contribution in [2.45, 2.75) is 181 Å². The minimum absolute atomic E-state index is 0.00911. The van der Waals surface area contributed by atoms with E-state index >= 15 is 0 Å². The standard InChI is InChI=1S/C22H22F4N4O3.C21H21ClF2N4O3.2C21H22F2N4O3/c23-13-9-30(21-18(13)14(27)2-4-29-21)15-7-17(20(32)19(15)31)33-16-6-11(22(24,25)26)5-10-1-3-28-8-12(10)16;22-11-5-15(10-7-26-3-1-9(10)18(11)24)31-16-6-14(19(29)20(16)30)28-8-12(23)17-13(25)2-4-27-21(17)28;22-11-5-10-1-3-25-8-12(10)16(6-11)30-17-7-15(19(28)20(17)29)27-9-13(23)18-14(24)2-4-26-21(18)27;22-12-1-2-16(11-8-25-5-3-10(11)12)30-17-7-15(19(28)20(17)29)27-9-13(23)18-14(24)4-6-26-21(18)27/h2,4-6,9,15,17,19-20,28,31-32H,1,3,7-8H2,(H2,27,29);2,4-5,8,14,16,19-20,26,29-30H,1,3,6-7H2,(H2,25,27);2,4-6,9,15,17,19-20,25,28-29H,1,3,7-8H2,(H2,24,26);1-2,4,6,9,15,17,19-20,25,28-29H,3,5,7-8H2,(H2,24,26)/t15-,17+,19+,20-;14-,16+,19+,20-;2*15-,17+,19+,20-/m1111/s1.